The van der Waals surface area contributed by atoms with Crippen LogP contribution >= 0.6 is 11.3 Å². The van der Waals surface area contributed by atoms with Crippen LogP contribution in [0.4, 0.5) is 0 Å². The van der Waals surface area contributed by atoms with Crippen LogP contribution in [0.3, 0.4) is 0 Å². The largest absolute Gasteiger partial charge is 0.481 e. The fourth-order valence-electron chi connectivity index (χ4n) is 1.45. The summed E-state index contributed by atoms with van der Waals surface area (Å²) in [7, 11) is 0. The second kappa shape index (κ2) is 5.82. The first kappa shape index (κ1) is 13.7. The van der Waals surface area contributed by atoms with Gasteiger partial charge >= 0.3 is 5.97 Å². The summed E-state index contributed by atoms with van der Waals surface area (Å²) in [5.74, 6) is -1.17. The molecule has 0 aromatic carbocycles. The van der Waals surface area contributed by atoms with E-state index in [9.17, 15) is 9.59 Å². The average molecular weight is 255 g/mol. The van der Waals surface area contributed by atoms with Crippen molar-refractivity contribution < 1.29 is 14.7 Å². The Hall–Kier alpha value is -1.36. The van der Waals surface area contributed by atoms with E-state index < -0.39 is 11.4 Å². The van der Waals surface area contributed by atoms with E-state index in [1.54, 1.807) is 25.2 Å². The highest BCUT2D eigenvalue weighted by Gasteiger charge is 2.29. The van der Waals surface area contributed by atoms with Gasteiger partial charge in [-0.05, 0) is 17.9 Å². The van der Waals surface area contributed by atoms with E-state index in [1.807, 2.05) is 17.5 Å². The second-order valence-corrected chi connectivity index (χ2v) is 5.57. The third-order valence-corrected chi connectivity index (χ3v) is 3.38. The fourth-order valence-corrected chi connectivity index (χ4v) is 2.16. The van der Waals surface area contributed by atoms with Crippen molar-refractivity contribution in [3.05, 3.63) is 22.4 Å². The monoisotopic (exact) mass is 255 g/mol. The summed E-state index contributed by atoms with van der Waals surface area (Å²) in [6.45, 7) is 3.82. The molecule has 0 atom stereocenters. The minimum atomic E-state index is -0.955. The Morgan fingerprint density at radius 3 is 2.71 bits per heavy atom. The highest BCUT2D eigenvalue weighted by atomic mass is 32.1. The molecule has 1 aromatic rings. The second-order valence-electron chi connectivity index (χ2n) is 4.54. The molecule has 0 spiro atoms. The summed E-state index contributed by atoms with van der Waals surface area (Å²) in [6, 6.07) is 3.98. The number of hydrogen-bond acceptors (Lipinski definition) is 3. The molecule has 0 saturated heterocycles. The van der Waals surface area contributed by atoms with Crippen molar-refractivity contribution in [2.45, 2.75) is 26.7 Å². The van der Waals surface area contributed by atoms with Gasteiger partial charge in [0.1, 0.15) is 0 Å². The summed E-state index contributed by atoms with van der Waals surface area (Å²) in [5, 5.41) is 13.5. The molecule has 17 heavy (non-hydrogen) atoms. The van der Waals surface area contributed by atoms with Crippen LogP contribution in [-0.2, 0) is 16.0 Å². The van der Waals surface area contributed by atoms with Crippen molar-refractivity contribution in [3.63, 3.8) is 0 Å². The maximum absolute atomic E-state index is 11.8. The average Bonchev–Trinajstić information content (AvgIpc) is 2.68. The van der Waals surface area contributed by atoms with E-state index in [0.717, 1.165) is 6.42 Å². The van der Waals surface area contributed by atoms with Gasteiger partial charge in [-0.2, -0.15) is 0 Å². The molecule has 94 valence electrons. The van der Waals surface area contributed by atoms with Crippen molar-refractivity contribution in [1.82, 2.24) is 5.32 Å². The summed E-state index contributed by atoms with van der Waals surface area (Å²) in [5.41, 5.74) is -0.860. The van der Waals surface area contributed by atoms with Gasteiger partial charge in [-0.15, -0.1) is 11.3 Å². The third kappa shape index (κ3) is 4.56. The molecular weight excluding hydrogens is 238 g/mol. The fraction of sp³-hybridized carbons (Fsp3) is 0.500. The van der Waals surface area contributed by atoms with Crippen molar-refractivity contribution in [2.24, 2.45) is 5.41 Å². The lowest BCUT2D eigenvalue weighted by Crippen LogP contribution is -2.39. The van der Waals surface area contributed by atoms with Gasteiger partial charge in [-0.1, -0.05) is 19.9 Å². The lowest BCUT2D eigenvalue weighted by atomic mass is 9.88. The van der Waals surface area contributed by atoms with Crippen LogP contribution in [0.25, 0.3) is 0 Å². The lowest BCUT2D eigenvalue weighted by Gasteiger charge is -2.21. The van der Waals surface area contributed by atoms with Gasteiger partial charge in [-0.25, -0.2) is 0 Å². The van der Waals surface area contributed by atoms with Crippen LogP contribution in [-0.4, -0.2) is 23.5 Å². The number of thiophene rings is 1. The van der Waals surface area contributed by atoms with Crippen molar-refractivity contribution in [2.75, 3.05) is 6.54 Å². The van der Waals surface area contributed by atoms with Crippen LogP contribution in [0.5, 0.6) is 0 Å². The van der Waals surface area contributed by atoms with Gasteiger partial charge in [0.05, 0.1) is 11.8 Å². The Bertz CT molecular complexity index is 384. The molecule has 0 aliphatic heterocycles. The molecule has 5 heteroatoms. The molecule has 1 heterocycles. The molecule has 0 bridgehead atoms. The SMILES string of the molecule is CC(C)(CC(=O)O)C(=O)NCCc1cccs1. The molecule has 1 rings (SSSR count). The van der Waals surface area contributed by atoms with Crippen LogP contribution in [0.2, 0.25) is 0 Å². The predicted octanol–water partition coefficient (Wildman–Crippen LogP) is 1.91. The molecular formula is C12H17NO3S. The normalized spacial score (nSPS) is 11.2. The van der Waals surface area contributed by atoms with Gasteiger partial charge in [0.15, 0.2) is 0 Å². The van der Waals surface area contributed by atoms with Crippen LogP contribution in [0, 0.1) is 5.41 Å². The Balaban J connectivity index is 2.36. The predicted molar refractivity (Wildman–Crippen MR) is 67.1 cm³/mol. The van der Waals surface area contributed by atoms with Gasteiger partial charge < -0.3 is 10.4 Å². The molecule has 0 radical (unpaired) electrons. The van der Waals surface area contributed by atoms with Crippen LogP contribution in [0.1, 0.15) is 25.1 Å². The Kier molecular flexibility index (Phi) is 4.69. The Morgan fingerprint density at radius 2 is 2.18 bits per heavy atom. The molecule has 0 unspecified atom stereocenters. The van der Waals surface area contributed by atoms with Crippen molar-refractivity contribution in [3.8, 4) is 0 Å². The number of hydrogen-bond donors (Lipinski definition) is 2. The van der Waals surface area contributed by atoms with Crippen LogP contribution < -0.4 is 5.32 Å². The first-order valence-electron chi connectivity index (χ1n) is 5.44. The number of nitrogens with one attached hydrogen (secondary N) is 1. The number of carbonyl (C=O) groups excluding carboxylic acids is 1. The number of carbonyl (C=O) groups is 2. The van der Waals surface area contributed by atoms with E-state index in [2.05, 4.69) is 5.32 Å². The van der Waals surface area contributed by atoms with Gasteiger partial charge in [0.2, 0.25) is 5.91 Å². The van der Waals surface area contributed by atoms with Crippen LogP contribution in [0.15, 0.2) is 17.5 Å². The van der Waals surface area contributed by atoms with E-state index >= 15 is 0 Å². The lowest BCUT2D eigenvalue weighted by molar-refractivity contribution is -0.144. The Morgan fingerprint density at radius 1 is 1.47 bits per heavy atom. The summed E-state index contributed by atoms with van der Waals surface area (Å²) in [6.07, 6.45) is 0.629. The number of aliphatic carboxylic acids is 1. The summed E-state index contributed by atoms with van der Waals surface area (Å²) in [4.78, 5) is 23.6. The minimum Gasteiger partial charge on any atom is -0.481 e. The minimum absolute atomic E-state index is 0.155. The number of carboxylic acids is 1. The zero-order valence-electron chi connectivity index (χ0n) is 10.0. The molecule has 0 saturated carbocycles. The van der Waals surface area contributed by atoms with E-state index in [-0.39, 0.29) is 12.3 Å². The highest BCUT2D eigenvalue weighted by Crippen LogP contribution is 2.20. The number of carboxylic acid groups (broad SMARTS) is 1. The van der Waals surface area contributed by atoms with Crippen molar-refractivity contribution >= 4 is 23.2 Å². The first-order valence-corrected chi connectivity index (χ1v) is 6.32. The van der Waals surface area contributed by atoms with Gasteiger partial charge in [0, 0.05) is 11.4 Å². The summed E-state index contributed by atoms with van der Waals surface area (Å²) >= 11 is 1.65. The smallest absolute Gasteiger partial charge is 0.304 e. The van der Waals surface area contributed by atoms with E-state index in [1.165, 1.54) is 4.88 Å². The quantitative estimate of drug-likeness (QED) is 0.816. The molecule has 0 aliphatic rings. The standard InChI is InChI=1S/C12H17NO3S/c1-12(2,8-10(14)15)11(16)13-6-5-9-4-3-7-17-9/h3-4,7H,5-6,8H2,1-2H3,(H,13,16)(H,14,15). The third-order valence-electron chi connectivity index (χ3n) is 2.44. The summed E-state index contributed by atoms with van der Waals surface area (Å²) < 4.78 is 0. The maximum Gasteiger partial charge on any atom is 0.304 e. The zero-order valence-corrected chi connectivity index (χ0v) is 10.8. The molecule has 0 aliphatic carbocycles. The molecule has 1 amide bonds. The van der Waals surface area contributed by atoms with E-state index in [0.29, 0.717) is 6.54 Å². The molecule has 4 nitrogen and oxygen atoms in total. The zero-order chi connectivity index (χ0) is 12.9. The molecule has 0 fully saturated rings. The highest BCUT2D eigenvalue weighted by molar-refractivity contribution is 7.09. The first-order chi connectivity index (χ1) is 7.92. The van der Waals surface area contributed by atoms with E-state index in [4.69, 9.17) is 5.11 Å². The molecule has 2 N–H and O–H groups in total. The molecule has 1 aromatic heterocycles. The number of rotatable bonds is 6. The van der Waals surface area contributed by atoms with Crippen molar-refractivity contribution in [1.29, 1.82) is 0 Å². The topological polar surface area (TPSA) is 66.4 Å². The Labute approximate surface area is 105 Å². The van der Waals surface area contributed by atoms with Gasteiger partial charge in [0.25, 0.3) is 0 Å². The maximum atomic E-state index is 11.8. The van der Waals surface area contributed by atoms with Gasteiger partial charge in [-0.3, -0.25) is 9.59 Å². The number of amides is 1.